The third-order valence-corrected chi connectivity index (χ3v) is 3.98. The molecule has 1 heterocycles. The predicted octanol–water partition coefficient (Wildman–Crippen LogP) is 2.67. The van der Waals surface area contributed by atoms with E-state index in [0.717, 1.165) is 26.1 Å². The van der Waals surface area contributed by atoms with Gasteiger partial charge in [0.2, 0.25) is 0 Å². The minimum absolute atomic E-state index is 0.0531. The maximum absolute atomic E-state index is 11.8. The molecule has 21 heavy (non-hydrogen) atoms. The molecule has 1 aliphatic rings. The second-order valence-electron chi connectivity index (χ2n) is 7.80. The van der Waals surface area contributed by atoms with E-state index < -0.39 is 0 Å². The van der Waals surface area contributed by atoms with Crippen molar-refractivity contribution in [2.24, 2.45) is 11.3 Å². The monoisotopic (exact) mass is 298 g/mol. The molecule has 124 valence electrons. The Morgan fingerprint density at radius 3 is 2.52 bits per heavy atom. The van der Waals surface area contributed by atoms with Crippen molar-refractivity contribution in [1.82, 2.24) is 10.2 Å². The van der Waals surface area contributed by atoms with E-state index >= 15 is 0 Å². The van der Waals surface area contributed by atoms with Gasteiger partial charge in [-0.25, -0.2) is 0 Å². The molecule has 1 rings (SSSR count). The van der Waals surface area contributed by atoms with E-state index in [-0.39, 0.29) is 11.4 Å². The number of piperidine rings is 1. The Balaban J connectivity index is 2.57. The minimum atomic E-state index is -0.0531. The number of nitrogens with one attached hydrogen (secondary N) is 1. The number of carbonyl (C=O) groups excluding carboxylic acids is 1. The van der Waals surface area contributed by atoms with Gasteiger partial charge in [0.25, 0.3) is 0 Å². The lowest BCUT2D eigenvalue weighted by molar-refractivity contribution is -0.144. The molecule has 0 saturated carbocycles. The molecule has 2 unspecified atom stereocenters. The van der Waals surface area contributed by atoms with Crippen LogP contribution in [-0.4, -0.2) is 49.2 Å². The lowest BCUT2D eigenvalue weighted by atomic mass is 9.89. The maximum Gasteiger partial charge on any atom is 0.306 e. The zero-order valence-corrected chi connectivity index (χ0v) is 14.7. The molecule has 0 spiro atoms. The summed E-state index contributed by atoms with van der Waals surface area (Å²) in [5, 5.41) is 3.69. The molecule has 1 saturated heterocycles. The summed E-state index contributed by atoms with van der Waals surface area (Å²) in [5.74, 6) is 0.348. The molecule has 0 aromatic carbocycles. The van der Waals surface area contributed by atoms with Gasteiger partial charge >= 0.3 is 5.97 Å². The molecule has 0 aromatic heterocycles. The highest BCUT2D eigenvalue weighted by Gasteiger charge is 2.30. The Labute approximate surface area is 130 Å². The Morgan fingerprint density at radius 2 is 2.00 bits per heavy atom. The highest BCUT2D eigenvalue weighted by atomic mass is 16.5. The molecule has 1 fully saturated rings. The molecule has 0 bridgehead atoms. The molecular formula is C17H34N2O2. The molecule has 0 aliphatic carbocycles. The van der Waals surface area contributed by atoms with Crippen LogP contribution in [0.15, 0.2) is 0 Å². The van der Waals surface area contributed by atoms with Crippen molar-refractivity contribution in [2.75, 3.05) is 26.2 Å². The van der Waals surface area contributed by atoms with Gasteiger partial charge in [-0.2, -0.15) is 0 Å². The standard InChI is InChI=1S/C17H34N2O2/c1-7-21-16(20)9-14-8-15(18-12-17(4,5)6)11-19(10-14)13(2)3/h13-15,18H,7-12H2,1-6H3. The van der Waals surface area contributed by atoms with Crippen LogP contribution in [-0.2, 0) is 9.53 Å². The van der Waals surface area contributed by atoms with Crippen molar-refractivity contribution >= 4 is 5.97 Å². The molecule has 1 N–H and O–H groups in total. The summed E-state index contributed by atoms with van der Waals surface area (Å²) < 4.78 is 5.11. The van der Waals surface area contributed by atoms with E-state index in [9.17, 15) is 4.79 Å². The summed E-state index contributed by atoms with van der Waals surface area (Å²) in [4.78, 5) is 14.2. The van der Waals surface area contributed by atoms with E-state index in [1.807, 2.05) is 6.92 Å². The summed E-state index contributed by atoms with van der Waals surface area (Å²) in [5.41, 5.74) is 0.288. The van der Waals surface area contributed by atoms with Gasteiger partial charge in [-0.3, -0.25) is 9.69 Å². The van der Waals surface area contributed by atoms with Crippen molar-refractivity contribution in [3.63, 3.8) is 0 Å². The van der Waals surface area contributed by atoms with Crippen LogP contribution in [0.2, 0.25) is 0 Å². The Bertz CT molecular complexity index is 323. The molecule has 0 radical (unpaired) electrons. The summed E-state index contributed by atoms with van der Waals surface area (Å²) in [7, 11) is 0. The minimum Gasteiger partial charge on any atom is -0.466 e. The largest absolute Gasteiger partial charge is 0.466 e. The fourth-order valence-electron chi connectivity index (χ4n) is 2.86. The maximum atomic E-state index is 11.8. The average molecular weight is 298 g/mol. The van der Waals surface area contributed by atoms with Crippen molar-refractivity contribution in [3.8, 4) is 0 Å². The first-order chi connectivity index (χ1) is 9.71. The van der Waals surface area contributed by atoms with E-state index in [0.29, 0.717) is 31.0 Å². The molecule has 2 atom stereocenters. The van der Waals surface area contributed by atoms with Crippen molar-refractivity contribution in [1.29, 1.82) is 0 Å². The van der Waals surface area contributed by atoms with Crippen LogP contribution in [0.25, 0.3) is 0 Å². The molecule has 0 aromatic rings. The van der Waals surface area contributed by atoms with Gasteiger partial charge in [0.15, 0.2) is 0 Å². The van der Waals surface area contributed by atoms with Crippen LogP contribution in [0.4, 0.5) is 0 Å². The summed E-state index contributed by atoms with van der Waals surface area (Å²) >= 11 is 0. The predicted molar refractivity (Wildman–Crippen MR) is 87.3 cm³/mol. The Hall–Kier alpha value is -0.610. The number of nitrogens with zero attached hydrogens (tertiary/aromatic N) is 1. The number of carbonyl (C=O) groups is 1. The molecule has 1 aliphatic heterocycles. The number of esters is 1. The first kappa shape index (κ1) is 18.4. The summed E-state index contributed by atoms with van der Waals surface area (Å²) in [6.07, 6.45) is 1.61. The third-order valence-electron chi connectivity index (χ3n) is 3.98. The zero-order valence-electron chi connectivity index (χ0n) is 14.7. The molecule has 0 amide bonds. The number of hydrogen-bond acceptors (Lipinski definition) is 4. The first-order valence-corrected chi connectivity index (χ1v) is 8.34. The number of rotatable bonds is 6. The van der Waals surface area contributed by atoms with Crippen molar-refractivity contribution in [3.05, 3.63) is 0 Å². The quantitative estimate of drug-likeness (QED) is 0.766. The van der Waals surface area contributed by atoms with Gasteiger partial charge < -0.3 is 10.1 Å². The SMILES string of the molecule is CCOC(=O)CC1CC(NCC(C)(C)C)CN(C(C)C)C1. The highest BCUT2D eigenvalue weighted by molar-refractivity contribution is 5.69. The van der Waals surface area contributed by atoms with Crippen LogP contribution < -0.4 is 5.32 Å². The number of hydrogen-bond donors (Lipinski definition) is 1. The lowest BCUT2D eigenvalue weighted by Crippen LogP contribution is -2.52. The topological polar surface area (TPSA) is 41.6 Å². The highest BCUT2D eigenvalue weighted by Crippen LogP contribution is 2.23. The zero-order chi connectivity index (χ0) is 16.0. The van der Waals surface area contributed by atoms with Gasteiger partial charge in [0, 0.05) is 38.1 Å². The van der Waals surface area contributed by atoms with Crippen LogP contribution in [0.3, 0.4) is 0 Å². The molecular weight excluding hydrogens is 264 g/mol. The number of ether oxygens (including phenoxy) is 1. The van der Waals surface area contributed by atoms with Gasteiger partial charge in [-0.15, -0.1) is 0 Å². The van der Waals surface area contributed by atoms with Crippen LogP contribution in [0, 0.1) is 11.3 Å². The second-order valence-corrected chi connectivity index (χ2v) is 7.80. The van der Waals surface area contributed by atoms with Crippen molar-refractivity contribution in [2.45, 2.75) is 66.5 Å². The summed E-state index contributed by atoms with van der Waals surface area (Å²) in [6.45, 7) is 16.6. The Morgan fingerprint density at radius 1 is 1.33 bits per heavy atom. The van der Waals surface area contributed by atoms with Gasteiger partial charge in [-0.05, 0) is 38.5 Å². The van der Waals surface area contributed by atoms with Gasteiger partial charge in [0.05, 0.1) is 6.61 Å². The smallest absolute Gasteiger partial charge is 0.306 e. The lowest BCUT2D eigenvalue weighted by Gasteiger charge is -2.41. The normalized spacial score (nSPS) is 24.3. The van der Waals surface area contributed by atoms with Gasteiger partial charge in [-0.1, -0.05) is 20.8 Å². The van der Waals surface area contributed by atoms with E-state index in [1.165, 1.54) is 0 Å². The third kappa shape index (κ3) is 7.28. The Kier molecular flexibility index (Phi) is 7.14. The van der Waals surface area contributed by atoms with E-state index in [1.54, 1.807) is 0 Å². The van der Waals surface area contributed by atoms with Gasteiger partial charge in [0.1, 0.15) is 0 Å². The average Bonchev–Trinajstić information content (AvgIpc) is 2.35. The van der Waals surface area contributed by atoms with Crippen LogP contribution >= 0.6 is 0 Å². The second kappa shape index (κ2) is 8.14. The summed E-state index contributed by atoms with van der Waals surface area (Å²) in [6, 6.07) is 0.994. The fourth-order valence-corrected chi connectivity index (χ4v) is 2.86. The van der Waals surface area contributed by atoms with Crippen LogP contribution in [0.5, 0.6) is 0 Å². The van der Waals surface area contributed by atoms with Crippen molar-refractivity contribution < 1.29 is 9.53 Å². The first-order valence-electron chi connectivity index (χ1n) is 8.34. The van der Waals surface area contributed by atoms with Crippen LogP contribution in [0.1, 0.15) is 54.4 Å². The van der Waals surface area contributed by atoms with E-state index in [4.69, 9.17) is 4.74 Å². The molecule has 4 heteroatoms. The fraction of sp³-hybridized carbons (Fsp3) is 0.941. The molecule has 4 nitrogen and oxygen atoms in total. The van der Waals surface area contributed by atoms with E-state index in [2.05, 4.69) is 44.8 Å². The number of likely N-dealkylation sites (tertiary alicyclic amines) is 1.